The van der Waals surface area contributed by atoms with Gasteiger partial charge in [-0.15, -0.1) is 0 Å². The summed E-state index contributed by atoms with van der Waals surface area (Å²) in [5, 5.41) is 23.8. The van der Waals surface area contributed by atoms with Gasteiger partial charge in [-0.1, -0.05) is 67.1 Å². The molecule has 1 fully saturated rings. The third-order valence-electron chi connectivity index (χ3n) is 7.37. The average Bonchev–Trinajstić information content (AvgIpc) is 2.86. The van der Waals surface area contributed by atoms with Crippen LogP contribution in [0, 0.1) is 0 Å². The van der Waals surface area contributed by atoms with E-state index in [4.69, 9.17) is 0 Å². The Bertz CT molecular complexity index is 1120. The number of amides is 1. The second kappa shape index (κ2) is 9.26. The molecule has 3 aromatic rings. The van der Waals surface area contributed by atoms with Crippen molar-refractivity contribution in [3.8, 4) is 0 Å². The molecule has 0 aromatic heterocycles. The Morgan fingerprint density at radius 3 is 2.30 bits per heavy atom. The molecule has 2 aliphatic heterocycles. The highest BCUT2D eigenvalue weighted by molar-refractivity contribution is 6.10. The number of likely N-dealkylation sites (tertiary alicyclic amines) is 1. The van der Waals surface area contributed by atoms with E-state index in [9.17, 15) is 15.0 Å². The van der Waals surface area contributed by atoms with E-state index in [0.29, 0.717) is 12.1 Å². The lowest BCUT2D eigenvalue weighted by Crippen LogP contribution is -2.42. The molecule has 2 N–H and O–H groups in total. The minimum atomic E-state index is -0.881. The number of piperidine rings is 1. The SMILES string of the molecule is O=C1c2cccc3cccc(c23)C(O)N1CCCCCN1CCC(O)(c2ccccc2)CC1. The molecular formula is C28H32N2O3. The van der Waals surface area contributed by atoms with Crippen LogP contribution in [0.1, 0.15) is 59.8 Å². The van der Waals surface area contributed by atoms with Crippen molar-refractivity contribution < 1.29 is 15.0 Å². The van der Waals surface area contributed by atoms with Gasteiger partial charge in [0.05, 0.1) is 5.60 Å². The van der Waals surface area contributed by atoms with Crippen LogP contribution in [0.15, 0.2) is 66.7 Å². The highest BCUT2D eigenvalue weighted by Crippen LogP contribution is 2.36. The number of unbranched alkanes of at least 4 members (excludes halogenated alkanes) is 2. The zero-order valence-electron chi connectivity index (χ0n) is 19.0. The van der Waals surface area contributed by atoms with Crippen LogP contribution in [0.3, 0.4) is 0 Å². The summed E-state index contributed by atoms with van der Waals surface area (Å²) in [5.74, 6) is -0.0805. The molecule has 5 rings (SSSR count). The zero-order valence-corrected chi connectivity index (χ0v) is 19.0. The van der Waals surface area contributed by atoms with Gasteiger partial charge >= 0.3 is 0 Å². The summed E-state index contributed by atoms with van der Waals surface area (Å²) in [6.45, 7) is 3.35. The molecule has 1 amide bonds. The molecule has 2 aliphatic rings. The van der Waals surface area contributed by atoms with Crippen molar-refractivity contribution in [3.05, 3.63) is 83.4 Å². The summed E-state index contributed by atoms with van der Waals surface area (Å²) in [6, 6.07) is 21.6. The number of hydrogen-bond acceptors (Lipinski definition) is 4. The van der Waals surface area contributed by atoms with Crippen molar-refractivity contribution in [1.82, 2.24) is 9.80 Å². The number of rotatable bonds is 7. The Hall–Kier alpha value is -2.73. The van der Waals surface area contributed by atoms with Crippen molar-refractivity contribution in [3.63, 3.8) is 0 Å². The largest absolute Gasteiger partial charge is 0.385 e. The van der Waals surface area contributed by atoms with E-state index < -0.39 is 11.8 Å². The second-order valence-corrected chi connectivity index (χ2v) is 9.42. The molecule has 0 bridgehead atoms. The van der Waals surface area contributed by atoms with Gasteiger partial charge in [-0.25, -0.2) is 0 Å². The van der Waals surface area contributed by atoms with Gasteiger partial charge in [-0.2, -0.15) is 0 Å². The third kappa shape index (κ3) is 4.29. The first-order chi connectivity index (χ1) is 16.1. The Balaban J connectivity index is 1.10. The molecule has 1 atom stereocenters. The van der Waals surface area contributed by atoms with Crippen molar-refractivity contribution >= 4 is 16.7 Å². The molecule has 5 heteroatoms. The molecule has 0 spiro atoms. The van der Waals surface area contributed by atoms with Gasteiger partial charge in [-0.3, -0.25) is 4.79 Å². The smallest absolute Gasteiger partial charge is 0.256 e. The van der Waals surface area contributed by atoms with Crippen LogP contribution in [0.25, 0.3) is 10.8 Å². The number of carbonyl (C=O) groups excluding carboxylic acids is 1. The summed E-state index contributed by atoms with van der Waals surface area (Å²) in [5.41, 5.74) is 1.82. The Labute approximate surface area is 195 Å². The van der Waals surface area contributed by atoms with Crippen LogP contribution in [0.2, 0.25) is 0 Å². The molecule has 33 heavy (non-hydrogen) atoms. The van der Waals surface area contributed by atoms with E-state index in [1.807, 2.05) is 66.7 Å². The van der Waals surface area contributed by atoms with Crippen LogP contribution in [0.5, 0.6) is 0 Å². The highest BCUT2D eigenvalue weighted by atomic mass is 16.3. The Kier molecular flexibility index (Phi) is 6.19. The maximum atomic E-state index is 13.0. The van der Waals surface area contributed by atoms with E-state index in [0.717, 1.165) is 73.6 Å². The Morgan fingerprint density at radius 2 is 1.55 bits per heavy atom. The number of aliphatic hydroxyl groups excluding tert-OH is 1. The Morgan fingerprint density at radius 1 is 0.848 bits per heavy atom. The molecular weight excluding hydrogens is 412 g/mol. The van der Waals surface area contributed by atoms with Gasteiger partial charge < -0.3 is 20.0 Å². The van der Waals surface area contributed by atoms with Gasteiger partial charge in [0.1, 0.15) is 0 Å². The quantitative estimate of drug-likeness (QED) is 0.529. The number of benzene rings is 3. The lowest BCUT2D eigenvalue weighted by atomic mass is 9.84. The summed E-state index contributed by atoms with van der Waals surface area (Å²) in [4.78, 5) is 17.1. The minimum Gasteiger partial charge on any atom is -0.385 e. The fourth-order valence-electron chi connectivity index (χ4n) is 5.40. The van der Waals surface area contributed by atoms with Gasteiger partial charge in [0.25, 0.3) is 5.91 Å². The molecule has 3 aromatic carbocycles. The number of aliphatic hydroxyl groups is 2. The summed E-state index contributed by atoms with van der Waals surface area (Å²) >= 11 is 0. The first-order valence-corrected chi connectivity index (χ1v) is 12.1. The molecule has 0 radical (unpaired) electrons. The first-order valence-electron chi connectivity index (χ1n) is 12.1. The van der Waals surface area contributed by atoms with Crippen LogP contribution in [-0.4, -0.2) is 52.1 Å². The highest BCUT2D eigenvalue weighted by Gasteiger charge is 2.34. The molecule has 172 valence electrons. The molecule has 0 aliphatic carbocycles. The van der Waals surface area contributed by atoms with E-state index >= 15 is 0 Å². The maximum Gasteiger partial charge on any atom is 0.256 e. The first kappa shape index (κ1) is 22.1. The van der Waals surface area contributed by atoms with Crippen molar-refractivity contribution in [1.29, 1.82) is 0 Å². The fourth-order valence-corrected chi connectivity index (χ4v) is 5.40. The summed E-state index contributed by atoms with van der Waals surface area (Å²) in [7, 11) is 0. The zero-order chi connectivity index (χ0) is 22.8. The van der Waals surface area contributed by atoms with Crippen molar-refractivity contribution in [2.75, 3.05) is 26.2 Å². The minimum absolute atomic E-state index is 0.0805. The van der Waals surface area contributed by atoms with Gasteiger partial charge in [0.15, 0.2) is 6.23 Å². The van der Waals surface area contributed by atoms with E-state index in [2.05, 4.69) is 4.90 Å². The van der Waals surface area contributed by atoms with Crippen molar-refractivity contribution in [2.45, 2.75) is 43.9 Å². The number of nitrogens with zero attached hydrogens (tertiary/aromatic N) is 2. The van der Waals surface area contributed by atoms with E-state index in [-0.39, 0.29) is 5.91 Å². The van der Waals surface area contributed by atoms with Crippen LogP contribution < -0.4 is 0 Å². The van der Waals surface area contributed by atoms with Crippen LogP contribution in [-0.2, 0) is 5.60 Å². The van der Waals surface area contributed by atoms with Gasteiger partial charge in [-0.05, 0) is 49.2 Å². The van der Waals surface area contributed by atoms with Crippen LogP contribution >= 0.6 is 0 Å². The third-order valence-corrected chi connectivity index (χ3v) is 7.37. The monoisotopic (exact) mass is 444 g/mol. The summed E-state index contributed by atoms with van der Waals surface area (Å²) in [6.07, 6.45) is 3.56. The topological polar surface area (TPSA) is 64.0 Å². The lowest BCUT2D eigenvalue weighted by molar-refractivity contribution is -0.0261. The van der Waals surface area contributed by atoms with Crippen molar-refractivity contribution in [2.24, 2.45) is 0 Å². The molecule has 5 nitrogen and oxygen atoms in total. The lowest BCUT2D eigenvalue weighted by Gasteiger charge is -2.38. The molecule has 1 saturated heterocycles. The normalized spacial score (nSPS) is 20.4. The molecule has 2 heterocycles. The predicted molar refractivity (Wildman–Crippen MR) is 130 cm³/mol. The summed E-state index contributed by atoms with van der Waals surface area (Å²) < 4.78 is 0. The van der Waals surface area contributed by atoms with E-state index in [1.54, 1.807) is 4.90 Å². The molecule has 1 unspecified atom stereocenters. The second-order valence-electron chi connectivity index (χ2n) is 9.42. The van der Waals surface area contributed by atoms with Gasteiger partial charge in [0.2, 0.25) is 0 Å². The maximum absolute atomic E-state index is 13.0. The fraction of sp³-hybridized carbons (Fsp3) is 0.393. The number of hydrogen-bond donors (Lipinski definition) is 2. The number of carbonyl (C=O) groups is 1. The van der Waals surface area contributed by atoms with Crippen LogP contribution in [0.4, 0.5) is 0 Å². The molecule has 0 saturated carbocycles. The average molecular weight is 445 g/mol. The standard InChI is InChI=1S/C28H32N2O3/c31-26-23-13-7-9-21-10-8-14-24(25(21)23)27(32)30(26)18-6-2-5-17-29-19-15-28(33,16-20-29)22-11-3-1-4-12-22/h1,3-4,7-14,26,31,33H,2,5-6,15-20H2. The van der Waals surface area contributed by atoms with E-state index in [1.165, 1.54) is 0 Å². The van der Waals surface area contributed by atoms with Gasteiger partial charge in [0, 0.05) is 36.1 Å². The predicted octanol–water partition coefficient (Wildman–Crippen LogP) is 4.44.